The molecule has 2 amide bonds. The Morgan fingerprint density at radius 2 is 2.00 bits per heavy atom. The lowest BCUT2D eigenvalue weighted by Crippen LogP contribution is -2.43. The van der Waals surface area contributed by atoms with Crippen LogP contribution in [0.1, 0.15) is 0 Å². The van der Waals surface area contributed by atoms with Gasteiger partial charge in [-0.1, -0.05) is 5.18 Å². The zero-order valence-electron chi connectivity index (χ0n) is 8.06. The third-order valence-electron chi connectivity index (χ3n) is 1.51. The fourth-order valence-corrected chi connectivity index (χ4v) is 0.903. The largest absolute Gasteiger partial charge is 0.331 e. The molecule has 0 aromatic heterocycles. The van der Waals surface area contributed by atoms with E-state index in [4.69, 9.17) is 5.73 Å². The standard InChI is InChI=1S/C7H16N4O2/c1-10(2)7(12)11(5-3-8)6-4-9-13/h3-6,8H2,1-2H3. The number of carbonyl (C=O) groups excluding carboxylic acids is 1. The van der Waals surface area contributed by atoms with E-state index in [9.17, 15) is 9.70 Å². The summed E-state index contributed by atoms with van der Waals surface area (Å²) in [5, 5.41) is 2.70. The van der Waals surface area contributed by atoms with E-state index < -0.39 is 0 Å². The van der Waals surface area contributed by atoms with Crippen LogP contribution in [0.25, 0.3) is 0 Å². The summed E-state index contributed by atoms with van der Waals surface area (Å²) in [5.41, 5.74) is 5.32. The van der Waals surface area contributed by atoms with Crippen molar-refractivity contribution in [1.29, 1.82) is 0 Å². The lowest BCUT2D eigenvalue weighted by molar-refractivity contribution is 0.174. The number of hydrogen-bond acceptors (Lipinski definition) is 4. The van der Waals surface area contributed by atoms with Crippen LogP contribution in [0.2, 0.25) is 0 Å². The molecule has 0 saturated heterocycles. The average Bonchev–Trinajstić information content (AvgIpc) is 2.11. The van der Waals surface area contributed by atoms with Crippen LogP contribution in [0.5, 0.6) is 0 Å². The number of urea groups is 1. The van der Waals surface area contributed by atoms with Gasteiger partial charge in [-0.05, 0) is 0 Å². The van der Waals surface area contributed by atoms with Crippen LogP contribution in [0.4, 0.5) is 4.79 Å². The highest BCUT2D eigenvalue weighted by molar-refractivity contribution is 5.73. The zero-order valence-corrected chi connectivity index (χ0v) is 8.06. The van der Waals surface area contributed by atoms with Crippen molar-refractivity contribution in [1.82, 2.24) is 9.80 Å². The Morgan fingerprint density at radius 1 is 1.38 bits per heavy atom. The maximum atomic E-state index is 11.4. The Kier molecular flexibility index (Phi) is 5.79. The first-order chi connectivity index (χ1) is 6.13. The van der Waals surface area contributed by atoms with Gasteiger partial charge < -0.3 is 15.5 Å². The van der Waals surface area contributed by atoms with Crippen molar-refractivity contribution in [3.63, 3.8) is 0 Å². The first kappa shape index (κ1) is 11.8. The Bertz CT molecular complexity index is 172. The maximum Gasteiger partial charge on any atom is 0.319 e. The lowest BCUT2D eigenvalue weighted by Gasteiger charge is -2.24. The van der Waals surface area contributed by atoms with Gasteiger partial charge in [0.05, 0.1) is 6.54 Å². The minimum Gasteiger partial charge on any atom is -0.331 e. The third kappa shape index (κ3) is 4.41. The van der Waals surface area contributed by atoms with Gasteiger partial charge in [-0.2, -0.15) is 4.91 Å². The highest BCUT2D eigenvalue weighted by Crippen LogP contribution is 1.93. The summed E-state index contributed by atoms with van der Waals surface area (Å²) < 4.78 is 0. The molecule has 13 heavy (non-hydrogen) atoms. The first-order valence-corrected chi connectivity index (χ1v) is 4.09. The highest BCUT2D eigenvalue weighted by atomic mass is 16.3. The van der Waals surface area contributed by atoms with Gasteiger partial charge in [-0.3, -0.25) is 0 Å². The molecular weight excluding hydrogens is 172 g/mol. The van der Waals surface area contributed by atoms with Gasteiger partial charge in [0.15, 0.2) is 0 Å². The number of nitrogens with zero attached hydrogens (tertiary/aromatic N) is 3. The van der Waals surface area contributed by atoms with E-state index in [1.165, 1.54) is 9.80 Å². The SMILES string of the molecule is CN(C)C(=O)N(CCN)CCN=O. The number of nitroso groups, excluding NO2 is 1. The molecule has 0 aliphatic rings. The van der Waals surface area contributed by atoms with E-state index in [0.717, 1.165) is 0 Å². The van der Waals surface area contributed by atoms with Crippen LogP contribution in [0, 0.1) is 4.91 Å². The number of amides is 2. The number of rotatable bonds is 5. The van der Waals surface area contributed by atoms with Crippen LogP contribution >= 0.6 is 0 Å². The number of hydrogen-bond donors (Lipinski definition) is 1. The molecule has 0 fully saturated rings. The Hall–Kier alpha value is -1.17. The summed E-state index contributed by atoms with van der Waals surface area (Å²) in [7, 11) is 3.31. The maximum absolute atomic E-state index is 11.4. The second-order valence-corrected chi connectivity index (χ2v) is 2.81. The molecule has 2 N–H and O–H groups in total. The van der Waals surface area contributed by atoms with Crippen molar-refractivity contribution in [2.45, 2.75) is 0 Å². The van der Waals surface area contributed by atoms with E-state index in [-0.39, 0.29) is 12.6 Å². The van der Waals surface area contributed by atoms with Crippen LogP contribution in [-0.2, 0) is 0 Å². The Morgan fingerprint density at radius 3 is 2.38 bits per heavy atom. The highest BCUT2D eigenvalue weighted by Gasteiger charge is 2.13. The summed E-state index contributed by atoms with van der Waals surface area (Å²) in [6.45, 7) is 1.28. The van der Waals surface area contributed by atoms with Gasteiger partial charge in [-0.25, -0.2) is 4.79 Å². The smallest absolute Gasteiger partial charge is 0.319 e. The fraction of sp³-hybridized carbons (Fsp3) is 0.857. The monoisotopic (exact) mass is 188 g/mol. The van der Waals surface area contributed by atoms with Crippen molar-refractivity contribution in [3.05, 3.63) is 4.91 Å². The van der Waals surface area contributed by atoms with E-state index in [2.05, 4.69) is 5.18 Å². The average molecular weight is 188 g/mol. The van der Waals surface area contributed by atoms with Crippen molar-refractivity contribution >= 4 is 6.03 Å². The molecule has 0 aromatic carbocycles. The van der Waals surface area contributed by atoms with E-state index in [1.807, 2.05) is 0 Å². The molecule has 0 saturated carbocycles. The van der Waals surface area contributed by atoms with Gasteiger partial charge in [0, 0.05) is 33.7 Å². The Labute approximate surface area is 77.6 Å². The summed E-state index contributed by atoms with van der Waals surface area (Å²) in [4.78, 5) is 24.2. The summed E-state index contributed by atoms with van der Waals surface area (Å²) in [5.74, 6) is 0. The van der Waals surface area contributed by atoms with E-state index in [0.29, 0.717) is 19.6 Å². The summed E-state index contributed by atoms with van der Waals surface area (Å²) in [6.07, 6.45) is 0. The third-order valence-corrected chi connectivity index (χ3v) is 1.51. The Balaban J connectivity index is 4.06. The second-order valence-electron chi connectivity index (χ2n) is 2.81. The molecule has 0 aliphatic carbocycles. The van der Waals surface area contributed by atoms with Crippen LogP contribution < -0.4 is 5.73 Å². The second kappa shape index (κ2) is 6.36. The molecule has 6 nitrogen and oxygen atoms in total. The molecule has 0 unspecified atom stereocenters. The van der Waals surface area contributed by atoms with Gasteiger partial charge in [0.25, 0.3) is 0 Å². The van der Waals surface area contributed by atoms with Gasteiger partial charge in [0.1, 0.15) is 0 Å². The minimum absolute atomic E-state index is 0.111. The fourth-order valence-electron chi connectivity index (χ4n) is 0.903. The van der Waals surface area contributed by atoms with Crippen LogP contribution in [-0.4, -0.2) is 56.1 Å². The summed E-state index contributed by atoms with van der Waals surface area (Å²) in [6, 6.07) is -0.144. The van der Waals surface area contributed by atoms with Crippen molar-refractivity contribution in [2.75, 3.05) is 40.3 Å². The predicted octanol–water partition coefficient (Wildman–Crippen LogP) is -0.305. The number of carbonyl (C=O) groups is 1. The molecule has 0 aliphatic heterocycles. The normalized spacial score (nSPS) is 9.46. The molecule has 0 atom stereocenters. The van der Waals surface area contributed by atoms with E-state index >= 15 is 0 Å². The molecule has 0 heterocycles. The quantitative estimate of drug-likeness (QED) is 0.601. The molecule has 0 rings (SSSR count). The van der Waals surface area contributed by atoms with Gasteiger partial charge in [-0.15, -0.1) is 0 Å². The molecular formula is C7H16N4O2. The van der Waals surface area contributed by atoms with Gasteiger partial charge >= 0.3 is 6.03 Å². The molecule has 0 spiro atoms. The molecule has 0 aromatic rings. The first-order valence-electron chi connectivity index (χ1n) is 4.09. The number of nitrogens with two attached hydrogens (primary N) is 1. The predicted molar refractivity (Wildman–Crippen MR) is 50.4 cm³/mol. The summed E-state index contributed by atoms with van der Waals surface area (Å²) >= 11 is 0. The topological polar surface area (TPSA) is 79.0 Å². The minimum atomic E-state index is -0.144. The molecule has 0 radical (unpaired) electrons. The molecule has 76 valence electrons. The zero-order chi connectivity index (χ0) is 10.3. The van der Waals surface area contributed by atoms with Gasteiger partial charge in [0.2, 0.25) is 0 Å². The van der Waals surface area contributed by atoms with E-state index in [1.54, 1.807) is 14.1 Å². The molecule has 0 bridgehead atoms. The lowest BCUT2D eigenvalue weighted by atomic mass is 10.5. The van der Waals surface area contributed by atoms with Crippen molar-refractivity contribution in [2.24, 2.45) is 10.9 Å². The van der Waals surface area contributed by atoms with Crippen LogP contribution in [0.15, 0.2) is 5.18 Å². The van der Waals surface area contributed by atoms with Crippen molar-refractivity contribution < 1.29 is 4.79 Å². The molecule has 6 heteroatoms. The van der Waals surface area contributed by atoms with Crippen LogP contribution in [0.3, 0.4) is 0 Å². The van der Waals surface area contributed by atoms with Crippen molar-refractivity contribution in [3.8, 4) is 0 Å².